The van der Waals surface area contributed by atoms with E-state index < -0.39 is 29.9 Å². The van der Waals surface area contributed by atoms with Crippen molar-refractivity contribution in [3.8, 4) is 5.88 Å². The first-order chi connectivity index (χ1) is 8.01. The molecule has 18 heavy (non-hydrogen) atoms. The number of rotatable bonds is 2. The van der Waals surface area contributed by atoms with Gasteiger partial charge in [-0.25, -0.2) is 4.98 Å². The maximum Gasteiger partial charge on any atom is 0.425 e. The Morgan fingerprint density at radius 3 is 2.22 bits per heavy atom. The van der Waals surface area contributed by atoms with Gasteiger partial charge >= 0.3 is 12.4 Å². The lowest BCUT2D eigenvalue weighted by Gasteiger charge is -2.19. The van der Waals surface area contributed by atoms with Gasteiger partial charge in [-0.05, 0) is 28.9 Å². The van der Waals surface area contributed by atoms with Crippen LogP contribution < -0.4 is 4.74 Å². The van der Waals surface area contributed by atoms with Gasteiger partial charge in [-0.2, -0.15) is 26.3 Å². The fourth-order valence-corrected chi connectivity index (χ4v) is 1.29. The fourth-order valence-electron chi connectivity index (χ4n) is 0.958. The highest BCUT2D eigenvalue weighted by Gasteiger charge is 2.41. The number of ether oxygens (including phenoxy) is 1. The molecule has 0 bridgehead atoms. The Kier molecular flexibility index (Phi) is 4.14. The predicted octanol–water partition coefficient (Wildman–Crippen LogP) is 4.19. The number of hydrogen-bond donors (Lipinski definition) is 0. The topological polar surface area (TPSA) is 22.1 Å². The van der Waals surface area contributed by atoms with Gasteiger partial charge in [0.05, 0.1) is 0 Å². The van der Waals surface area contributed by atoms with Crippen LogP contribution >= 0.6 is 15.9 Å². The van der Waals surface area contributed by atoms with Gasteiger partial charge in [-0.3, -0.25) is 0 Å². The van der Waals surface area contributed by atoms with E-state index in [1.54, 1.807) is 0 Å². The summed E-state index contributed by atoms with van der Waals surface area (Å²) in [6, 6.07) is 0.603. The molecule has 1 aromatic heterocycles. The second kappa shape index (κ2) is 4.94. The average Bonchev–Trinajstić information content (AvgIpc) is 2.17. The van der Waals surface area contributed by atoms with E-state index in [1.165, 1.54) is 0 Å². The quantitative estimate of drug-likeness (QED) is 0.755. The standard InChI is InChI=1S/C9H6BrF6NO/c1-4(8(11,12)13)18-7-6(9(14,15)16)2-5(10)3-17-7/h2-4H,1H3/t4-/m0/s1. The largest absolute Gasteiger partial charge is 0.465 e. The minimum absolute atomic E-state index is 0.0122. The molecule has 0 unspecified atom stereocenters. The normalized spacial score (nSPS) is 14.4. The Hall–Kier alpha value is -0.990. The Balaban J connectivity index is 3.10. The second-order valence-corrected chi connectivity index (χ2v) is 4.22. The van der Waals surface area contributed by atoms with Gasteiger partial charge in [-0.1, -0.05) is 0 Å². The maximum atomic E-state index is 12.6. The van der Waals surface area contributed by atoms with E-state index in [0.717, 1.165) is 6.20 Å². The summed E-state index contributed by atoms with van der Waals surface area (Å²) in [5, 5.41) is 0. The van der Waals surface area contributed by atoms with Gasteiger partial charge < -0.3 is 4.74 Å². The van der Waals surface area contributed by atoms with Crippen molar-refractivity contribution < 1.29 is 31.1 Å². The summed E-state index contributed by atoms with van der Waals surface area (Å²) in [7, 11) is 0. The Morgan fingerprint density at radius 1 is 1.22 bits per heavy atom. The van der Waals surface area contributed by atoms with E-state index in [4.69, 9.17) is 0 Å². The number of nitrogens with zero attached hydrogens (tertiary/aromatic N) is 1. The van der Waals surface area contributed by atoms with E-state index in [2.05, 4.69) is 25.7 Å². The third-order valence-electron chi connectivity index (χ3n) is 1.87. The molecule has 0 aliphatic heterocycles. The molecular weight excluding hydrogens is 332 g/mol. The van der Waals surface area contributed by atoms with Crippen molar-refractivity contribution in [2.24, 2.45) is 0 Å². The molecule has 2 nitrogen and oxygen atoms in total. The zero-order valence-corrected chi connectivity index (χ0v) is 10.3. The summed E-state index contributed by atoms with van der Waals surface area (Å²) in [5.41, 5.74) is -1.37. The fraction of sp³-hybridized carbons (Fsp3) is 0.444. The van der Waals surface area contributed by atoms with Crippen LogP contribution in [0.1, 0.15) is 12.5 Å². The van der Waals surface area contributed by atoms with E-state index in [-0.39, 0.29) is 4.47 Å². The van der Waals surface area contributed by atoms with Crippen LogP contribution in [0.25, 0.3) is 0 Å². The number of alkyl halides is 6. The van der Waals surface area contributed by atoms with Gasteiger partial charge in [0.15, 0.2) is 6.10 Å². The van der Waals surface area contributed by atoms with Crippen LogP contribution in [0.2, 0.25) is 0 Å². The molecule has 0 saturated carbocycles. The van der Waals surface area contributed by atoms with Crippen molar-refractivity contribution in [2.45, 2.75) is 25.4 Å². The molecule has 0 aliphatic carbocycles. The van der Waals surface area contributed by atoms with E-state index >= 15 is 0 Å². The van der Waals surface area contributed by atoms with Gasteiger partial charge in [0.25, 0.3) is 0 Å². The first-order valence-electron chi connectivity index (χ1n) is 4.48. The van der Waals surface area contributed by atoms with Crippen molar-refractivity contribution in [3.05, 3.63) is 22.3 Å². The minimum atomic E-state index is -4.85. The Labute approximate surface area is 106 Å². The number of halogens is 7. The van der Waals surface area contributed by atoms with Crippen molar-refractivity contribution >= 4 is 15.9 Å². The molecule has 0 amide bonds. The van der Waals surface area contributed by atoms with Crippen LogP contribution in [-0.2, 0) is 6.18 Å². The lowest BCUT2D eigenvalue weighted by molar-refractivity contribution is -0.192. The lowest BCUT2D eigenvalue weighted by atomic mass is 10.2. The third kappa shape index (κ3) is 3.76. The van der Waals surface area contributed by atoms with Crippen LogP contribution in [0.4, 0.5) is 26.3 Å². The smallest absolute Gasteiger partial charge is 0.425 e. The van der Waals surface area contributed by atoms with Crippen LogP contribution in [0.3, 0.4) is 0 Å². The molecule has 0 aromatic carbocycles. The van der Waals surface area contributed by atoms with Gasteiger partial charge in [-0.15, -0.1) is 0 Å². The van der Waals surface area contributed by atoms with Gasteiger partial charge in [0, 0.05) is 10.7 Å². The van der Waals surface area contributed by atoms with Crippen LogP contribution in [0.15, 0.2) is 16.7 Å². The van der Waals surface area contributed by atoms with Crippen molar-refractivity contribution in [3.63, 3.8) is 0 Å². The molecule has 102 valence electrons. The summed E-state index contributed by atoms with van der Waals surface area (Å²) in [6.45, 7) is 0.601. The molecule has 0 saturated heterocycles. The monoisotopic (exact) mass is 337 g/mol. The van der Waals surface area contributed by atoms with Gasteiger partial charge in [0.1, 0.15) is 5.56 Å². The summed E-state index contributed by atoms with van der Waals surface area (Å²) in [6.07, 6.45) is -11.1. The first-order valence-corrected chi connectivity index (χ1v) is 5.27. The summed E-state index contributed by atoms with van der Waals surface area (Å²) < 4.78 is 78.5. The van der Waals surface area contributed by atoms with Crippen molar-refractivity contribution in [2.75, 3.05) is 0 Å². The van der Waals surface area contributed by atoms with Crippen LogP contribution in [0, 0.1) is 0 Å². The summed E-state index contributed by atoms with van der Waals surface area (Å²) >= 11 is 2.75. The SMILES string of the molecule is C[C@H](Oc1ncc(Br)cc1C(F)(F)F)C(F)(F)F. The predicted molar refractivity (Wildman–Crippen MR) is 53.1 cm³/mol. The molecule has 0 N–H and O–H groups in total. The molecule has 0 radical (unpaired) electrons. The van der Waals surface area contributed by atoms with Gasteiger partial charge in [0.2, 0.25) is 5.88 Å². The second-order valence-electron chi connectivity index (χ2n) is 3.31. The number of pyridine rings is 1. The van der Waals surface area contributed by atoms with Crippen molar-refractivity contribution in [1.29, 1.82) is 0 Å². The molecular formula is C9H6BrF6NO. The highest BCUT2D eigenvalue weighted by atomic mass is 79.9. The molecule has 9 heteroatoms. The van der Waals surface area contributed by atoms with E-state index in [9.17, 15) is 26.3 Å². The molecule has 0 fully saturated rings. The van der Waals surface area contributed by atoms with E-state index in [0.29, 0.717) is 13.0 Å². The number of hydrogen-bond acceptors (Lipinski definition) is 2. The molecule has 1 aromatic rings. The minimum Gasteiger partial charge on any atom is -0.465 e. The highest BCUT2D eigenvalue weighted by molar-refractivity contribution is 9.10. The third-order valence-corrected chi connectivity index (χ3v) is 2.31. The maximum absolute atomic E-state index is 12.6. The molecule has 0 aliphatic rings. The average molecular weight is 338 g/mol. The first kappa shape index (κ1) is 15.1. The summed E-state index contributed by atoms with van der Waals surface area (Å²) in [4.78, 5) is 3.21. The Bertz CT molecular complexity index is 430. The zero-order chi connectivity index (χ0) is 14.1. The van der Waals surface area contributed by atoms with Crippen LogP contribution in [0.5, 0.6) is 5.88 Å². The zero-order valence-electron chi connectivity index (χ0n) is 8.73. The van der Waals surface area contributed by atoms with E-state index in [1.807, 2.05) is 0 Å². The molecule has 1 rings (SSSR count). The number of aromatic nitrogens is 1. The Morgan fingerprint density at radius 2 is 1.78 bits per heavy atom. The summed E-state index contributed by atoms with van der Waals surface area (Å²) in [5.74, 6) is -1.10. The van der Waals surface area contributed by atoms with Crippen LogP contribution in [-0.4, -0.2) is 17.3 Å². The molecule has 1 heterocycles. The lowest BCUT2D eigenvalue weighted by Crippen LogP contribution is -2.32. The van der Waals surface area contributed by atoms with Crippen molar-refractivity contribution in [1.82, 2.24) is 4.98 Å². The molecule has 0 spiro atoms. The molecule has 1 atom stereocenters. The highest BCUT2D eigenvalue weighted by Crippen LogP contribution is 2.37.